The summed E-state index contributed by atoms with van der Waals surface area (Å²) < 4.78 is 5.34. The highest BCUT2D eigenvalue weighted by atomic mass is 16.5. The molecule has 0 saturated heterocycles. The largest absolute Gasteiger partial charge is 0.493 e. The zero-order chi connectivity index (χ0) is 10.6. The molecular weight excluding hydrogens is 180 g/mol. The molecule has 0 aliphatic rings. The number of rotatable bonds is 3. The van der Waals surface area contributed by atoms with Crippen LogP contribution in [-0.2, 0) is 0 Å². The third-order valence-corrected chi connectivity index (χ3v) is 1.82. The van der Waals surface area contributed by atoms with Gasteiger partial charge in [-0.2, -0.15) is 0 Å². The number of oxime groups is 1. The predicted molar refractivity (Wildman–Crippen MR) is 54.9 cm³/mol. The van der Waals surface area contributed by atoms with Crippen molar-refractivity contribution in [3.8, 4) is 5.75 Å². The molecule has 0 heterocycles. The zero-order valence-corrected chi connectivity index (χ0v) is 8.32. The van der Waals surface area contributed by atoms with Crippen molar-refractivity contribution < 1.29 is 9.94 Å². The van der Waals surface area contributed by atoms with Crippen LogP contribution in [-0.4, -0.2) is 17.6 Å². The SMILES string of the molecule is CCOc1ccc(C)cc1/C(N)=N/O. The average molecular weight is 194 g/mol. The maximum absolute atomic E-state index is 8.58. The van der Waals surface area contributed by atoms with Crippen LogP contribution in [0.5, 0.6) is 5.75 Å². The summed E-state index contributed by atoms with van der Waals surface area (Å²) in [7, 11) is 0. The molecule has 4 heteroatoms. The first-order valence-corrected chi connectivity index (χ1v) is 4.40. The van der Waals surface area contributed by atoms with Gasteiger partial charge in [0.15, 0.2) is 5.84 Å². The van der Waals surface area contributed by atoms with Crippen LogP contribution in [0.1, 0.15) is 18.1 Å². The Morgan fingerprint density at radius 1 is 1.57 bits per heavy atom. The van der Waals surface area contributed by atoms with Gasteiger partial charge in [-0.25, -0.2) is 0 Å². The van der Waals surface area contributed by atoms with Crippen LogP contribution in [0.15, 0.2) is 23.4 Å². The van der Waals surface area contributed by atoms with Gasteiger partial charge in [-0.1, -0.05) is 16.8 Å². The van der Waals surface area contributed by atoms with E-state index in [0.717, 1.165) is 5.56 Å². The van der Waals surface area contributed by atoms with Gasteiger partial charge in [0, 0.05) is 0 Å². The van der Waals surface area contributed by atoms with Crippen LogP contribution in [0.25, 0.3) is 0 Å². The molecule has 3 N–H and O–H groups in total. The Morgan fingerprint density at radius 2 is 2.29 bits per heavy atom. The number of nitrogens with two attached hydrogens (primary N) is 1. The van der Waals surface area contributed by atoms with E-state index in [9.17, 15) is 0 Å². The Bertz CT molecular complexity index is 348. The van der Waals surface area contributed by atoms with Gasteiger partial charge in [-0.3, -0.25) is 0 Å². The lowest BCUT2D eigenvalue weighted by Gasteiger charge is -2.09. The van der Waals surface area contributed by atoms with E-state index >= 15 is 0 Å². The van der Waals surface area contributed by atoms with Gasteiger partial charge >= 0.3 is 0 Å². The monoisotopic (exact) mass is 194 g/mol. The van der Waals surface area contributed by atoms with Crippen LogP contribution in [0.3, 0.4) is 0 Å². The summed E-state index contributed by atoms with van der Waals surface area (Å²) >= 11 is 0. The number of hydrogen-bond acceptors (Lipinski definition) is 3. The molecule has 0 aliphatic heterocycles. The molecule has 14 heavy (non-hydrogen) atoms. The molecule has 0 radical (unpaired) electrons. The van der Waals surface area contributed by atoms with E-state index in [-0.39, 0.29) is 5.84 Å². The molecule has 0 amide bonds. The molecule has 0 aromatic heterocycles. The first-order valence-electron chi connectivity index (χ1n) is 4.40. The van der Waals surface area contributed by atoms with Gasteiger partial charge in [0.1, 0.15) is 5.75 Å². The number of aryl methyl sites for hydroxylation is 1. The first-order chi connectivity index (χ1) is 6.69. The summed E-state index contributed by atoms with van der Waals surface area (Å²) in [5.41, 5.74) is 7.17. The number of ether oxygens (including phenoxy) is 1. The lowest BCUT2D eigenvalue weighted by molar-refractivity contribution is 0.317. The van der Waals surface area contributed by atoms with Gasteiger partial charge in [0.25, 0.3) is 0 Å². The first kappa shape index (κ1) is 10.4. The second-order valence-corrected chi connectivity index (χ2v) is 2.92. The Morgan fingerprint density at radius 3 is 2.86 bits per heavy atom. The number of hydrogen-bond donors (Lipinski definition) is 2. The summed E-state index contributed by atoms with van der Waals surface area (Å²) in [6, 6.07) is 5.55. The molecule has 0 aliphatic carbocycles. The van der Waals surface area contributed by atoms with Crippen molar-refractivity contribution >= 4 is 5.84 Å². The second kappa shape index (κ2) is 4.50. The van der Waals surface area contributed by atoms with E-state index in [1.165, 1.54) is 0 Å². The van der Waals surface area contributed by atoms with E-state index in [0.29, 0.717) is 17.9 Å². The highest BCUT2D eigenvalue weighted by molar-refractivity contribution is 5.99. The topological polar surface area (TPSA) is 67.8 Å². The van der Waals surface area contributed by atoms with Crippen LogP contribution in [0.4, 0.5) is 0 Å². The molecule has 0 fully saturated rings. The van der Waals surface area contributed by atoms with Crippen molar-refractivity contribution in [1.82, 2.24) is 0 Å². The molecule has 0 saturated carbocycles. The smallest absolute Gasteiger partial charge is 0.173 e. The molecule has 0 spiro atoms. The highest BCUT2D eigenvalue weighted by Gasteiger charge is 2.07. The summed E-state index contributed by atoms with van der Waals surface area (Å²) in [4.78, 5) is 0. The molecule has 1 rings (SSSR count). The summed E-state index contributed by atoms with van der Waals surface area (Å²) in [5.74, 6) is 0.700. The highest BCUT2D eigenvalue weighted by Crippen LogP contribution is 2.19. The minimum atomic E-state index is 0.0668. The van der Waals surface area contributed by atoms with E-state index in [1.54, 1.807) is 0 Å². The van der Waals surface area contributed by atoms with Gasteiger partial charge in [0.05, 0.1) is 12.2 Å². The molecule has 76 valence electrons. The van der Waals surface area contributed by atoms with Crippen molar-refractivity contribution in [1.29, 1.82) is 0 Å². The fraction of sp³-hybridized carbons (Fsp3) is 0.300. The van der Waals surface area contributed by atoms with Gasteiger partial charge < -0.3 is 15.7 Å². The Hall–Kier alpha value is -1.71. The van der Waals surface area contributed by atoms with Crippen molar-refractivity contribution in [2.45, 2.75) is 13.8 Å². The van der Waals surface area contributed by atoms with Crippen LogP contribution in [0, 0.1) is 6.92 Å². The normalized spacial score (nSPS) is 11.4. The fourth-order valence-electron chi connectivity index (χ4n) is 1.18. The van der Waals surface area contributed by atoms with Gasteiger partial charge in [-0.05, 0) is 26.0 Å². The van der Waals surface area contributed by atoms with E-state index < -0.39 is 0 Å². The molecule has 1 aromatic rings. The van der Waals surface area contributed by atoms with Crippen LogP contribution in [0.2, 0.25) is 0 Å². The fourth-order valence-corrected chi connectivity index (χ4v) is 1.18. The quantitative estimate of drug-likeness (QED) is 0.331. The molecular formula is C10H14N2O2. The van der Waals surface area contributed by atoms with Crippen LogP contribution < -0.4 is 10.5 Å². The van der Waals surface area contributed by atoms with Gasteiger partial charge in [-0.15, -0.1) is 0 Å². The minimum Gasteiger partial charge on any atom is -0.493 e. The van der Waals surface area contributed by atoms with Crippen molar-refractivity contribution in [2.75, 3.05) is 6.61 Å². The van der Waals surface area contributed by atoms with Crippen molar-refractivity contribution in [3.63, 3.8) is 0 Å². The summed E-state index contributed by atoms with van der Waals surface area (Å²) in [6.07, 6.45) is 0. The summed E-state index contributed by atoms with van der Waals surface area (Å²) in [6.45, 7) is 4.37. The van der Waals surface area contributed by atoms with E-state index in [2.05, 4.69) is 5.16 Å². The lowest BCUT2D eigenvalue weighted by Crippen LogP contribution is -2.15. The standard InChI is InChI=1S/C10H14N2O2/c1-3-14-9-5-4-7(2)6-8(9)10(11)12-13/h4-6,13H,3H2,1-2H3,(H2,11,12). The lowest BCUT2D eigenvalue weighted by atomic mass is 10.1. The summed E-state index contributed by atoms with van der Waals surface area (Å²) in [5, 5.41) is 11.5. The Labute approximate surface area is 83.0 Å². The van der Waals surface area contributed by atoms with E-state index in [4.69, 9.17) is 15.7 Å². The van der Waals surface area contributed by atoms with Crippen LogP contribution >= 0.6 is 0 Å². The number of amidine groups is 1. The molecule has 4 nitrogen and oxygen atoms in total. The molecule has 0 atom stereocenters. The molecule has 1 aromatic carbocycles. The van der Waals surface area contributed by atoms with Crippen molar-refractivity contribution in [3.05, 3.63) is 29.3 Å². The average Bonchev–Trinajstić information content (AvgIpc) is 2.20. The Kier molecular flexibility index (Phi) is 3.34. The molecule has 0 bridgehead atoms. The minimum absolute atomic E-state index is 0.0668. The molecule has 0 unspecified atom stereocenters. The predicted octanol–water partition coefficient (Wildman–Crippen LogP) is 1.49. The van der Waals surface area contributed by atoms with E-state index in [1.807, 2.05) is 32.0 Å². The number of benzene rings is 1. The maximum Gasteiger partial charge on any atom is 0.173 e. The third-order valence-electron chi connectivity index (χ3n) is 1.82. The zero-order valence-electron chi connectivity index (χ0n) is 8.32. The number of nitrogens with zero attached hydrogens (tertiary/aromatic N) is 1. The maximum atomic E-state index is 8.58. The third kappa shape index (κ3) is 2.16. The second-order valence-electron chi connectivity index (χ2n) is 2.92. The Balaban J connectivity index is 3.15. The van der Waals surface area contributed by atoms with Crippen molar-refractivity contribution in [2.24, 2.45) is 10.9 Å². The van der Waals surface area contributed by atoms with Gasteiger partial charge in [0.2, 0.25) is 0 Å².